The molecule has 2 rings (SSSR count). The van der Waals surface area contributed by atoms with Gasteiger partial charge in [0.2, 0.25) is 5.91 Å². The number of pyridine rings is 1. The zero-order chi connectivity index (χ0) is 15.4. The van der Waals surface area contributed by atoms with E-state index in [1.807, 2.05) is 0 Å². The largest absolute Gasteiger partial charge is 0.326 e. The lowest BCUT2D eigenvalue weighted by Crippen LogP contribution is -2.22. The number of nitrogens with zero attached hydrogens (tertiary/aromatic N) is 1. The maximum absolute atomic E-state index is 13.0. The van der Waals surface area contributed by atoms with Crippen molar-refractivity contribution in [1.82, 2.24) is 4.57 Å². The van der Waals surface area contributed by atoms with Crippen LogP contribution >= 0.6 is 15.9 Å². The smallest absolute Gasteiger partial charge is 0.250 e. The Morgan fingerprint density at radius 1 is 1.33 bits per heavy atom. The SMILES string of the molecule is Cc1cc(F)ccc1NC(=O)CCn1cc(Br)ccc1=O. The first-order valence-corrected chi connectivity index (χ1v) is 7.17. The highest BCUT2D eigenvalue weighted by molar-refractivity contribution is 9.10. The maximum atomic E-state index is 13.0. The van der Waals surface area contributed by atoms with Gasteiger partial charge in [-0.15, -0.1) is 0 Å². The van der Waals surface area contributed by atoms with Gasteiger partial charge < -0.3 is 9.88 Å². The normalized spacial score (nSPS) is 10.4. The number of halogens is 2. The third-order valence-corrected chi connectivity index (χ3v) is 3.46. The molecule has 1 aromatic heterocycles. The van der Waals surface area contributed by atoms with E-state index in [-0.39, 0.29) is 30.2 Å². The number of aryl methyl sites for hydroxylation is 2. The lowest BCUT2D eigenvalue weighted by molar-refractivity contribution is -0.116. The number of carbonyl (C=O) groups is 1. The Labute approximate surface area is 129 Å². The molecule has 0 fully saturated rings. The number of benzene rings is 1. The fraction of sp³-hybridized carbons (Fsp3) is 0.200. The molecule has 1 amide bonds. The molecule has 0 aliphatic heterocycles. The first kappa shape index (κ1) is 15.4. The van der Waals surface area contributed by atoms with Crippen LogP contribution < -0.4 is 10.9 Å². The van der Waals surface area contributed by atoms with Gasteiger partial charge in [0.1, 0.15) is 5.82 Å². The third-order valence-electron chi connectivity index (χ3n) is 2.99. The molecule has 0 spiro atoms. The molecular weight excluding hydrogens is 339 g/mol. The van der Waals surface area contributed by atoms with E-state index in [2.05, 4.69) is 21.2 Å². The van der Waals surface area contributed by atoms with Crippen LogP contribution in [-0.4, -0.2) is 10.5 Å². The van der Waals surface area contributed by atoms with Gasteiger partial charge in [-0.05, 0) is 52.7 Å². The van der Waals surface area contributed by atoms with Gasteiger partial charge in [-0.1, -0.05) is 0 Å². The topological polar surface area (TPSA) is 51.1 Å². The number of carbonyl (C=O) groups excluding carboxylic acids is 1. The molecule has 4 nitrogen and oxygen atoms in total. The van der Waals surface area contributed by atoms with Crippen LogP contribution in [0.25, 0.3) is 0 Å². The number of nitrogens with one attached hydrogen (secondary N) is 1. The first-order chi connectivity index (χ1) is 9.95. The molecule has 110 valence electrons. The van der Waals surface area contributed by atoms with E-state index in [1.54, 1.807) is 19.2 Å². The van der Waals surface area contributed by atoms with E-state index in [4.69, 9.17) is 0 Å². The lowest BCUT2D eigenvalue weighted by Gasteiger charge is -2.09. The van der Waals surface area contributed by atoms with Crippen molar-refractivity contribution in [2.45, 2.75) is 19.9 Å². The summed E-state index contributed by atoms with van der Waals surface area (Å²) in [7, 11) is 0. The summed E-state index contributed by atoms with van der Waals surface area (Å²) in [6.07, 6.45) is 1.80. The van der Waals surface area contributed by atoms with Gasteiger partial charge in [0.25, 0.3) is 5.56 Å². The highest BCUT2D eigenvalue weighted by Crippen LogP contribution is 2.15. The molecular formula is C15H14BrFN2O2. The summed E-state index contributed by atoms with van der Waals surface area (Å²) in [6, 6.07) is 7.26. The number of rotatable bonds is 4. The summed E-state index contributed by atoms with van der Waals surface area (Å²) in [5.41, 5.74) is 1.06. The summed E-state index contributed by atoms with van der Waals surface area (Å²) >= 11 is 3.28. The Morgan fingerprint density at radius 3 is 2.81 bits per heavy atom. The van der Waals surface area contributed by atoms with Crippen molar-refractivity contribution in [2.24, 2.45) is 0 Å². The molecule has 0 bridgehead atoms. The summed E-state index contributed by atoms with van der Waals surface area (Å²) in [4.78, 5) is 23.5. The molecule has 0 aliphatic carbocycles. The molecule has 1 N–H and O–H groups in total. The standard InChI is InChI=1S/C15H14BrFN2O2/c1-10-8-12(17)3-4-13(10)18-14(20)6-7-19-9-11(16)2-5-15(19)21/h2-5,8-9H,6-7H2,1H3,(H,18,20). The van der Waals surface area contributed by atoms with Crippen LogP contribution in [0.2, 0.25) is 0 Å². The van der Waals surface area contributed by atoms with E-state index in [1.165, 1.54) is 28.8 Å². The zero-order valence-electron chi connectivity index (χ0n) is 11.4. The van der Waals surface area contributed by atoms with Gasteiger partial charge in [0.15, 0.2) is 0 Å². The summed E-state index contributed by atoms with van der Waals surface area (Å²) in [6.45, 7) is 2.00. The van der Waals surface area contributed by atoms with Gasteiger partial charge in [0.05, 0.1) is 0 Å². The summed E-state index contributed by atoms with van der Waals surface area (Å²) in [5, 5.41) is 2.71. The molecule has 0 saturated carbocycles. The molecule has 1 aromatic carbocycles. The minimum Gasteiger partial charge on any atom is -0.326 e. The van der Waals surface area contributed by atoms with E-state index in [9.17, 15) is 14.0 Å². The maximum Gasteiger partial charge on any atom is 0.250 e. The van der Waals surface area contributed by atoms with Gasteiger partial charge in [-0.2, -0.15) is 0 Å². The Hall–Kier alpha value is -1.95. The van der Waals surface area contributed by atoms with Gasteiger partial charge in [-0.25, -0.2) is 4.39 Å². The van der Waals surface area contributed by atoms with E-state index in [0.29, 0.717) is 11.3 Å². The second-order valence-electron chi connectivity index (χ2n) is 4.64. The van der Waals surface area contributed by atoms with Crippen LogP contribution in [0.5, 0.6) is 0 Å². The highest BCUT2D eigenvalue weighted by atomic mass is 79.9. The molecule has 0 unspecified atom stereocenters. The number of amides is 1. The zero-order valence-corrected chi connectivity index (χ0v) is 13.0. The molecule has 0 atom stereocenters. The van der Waals surface area contributed by atoms with Crippen LogP contribution in [0.15, 0.2) is 45.8 Å². The Morgan fingerprint density at radius 2 is 2.10 bits per heavy atom. The number of anilines is 1. The number of hydrogen-bond acceptors (Lipinski definition) is 2. The average Bonchev–Trinajstić information content (AvgIpc) is 2.43. The molecule has 0 saturated heterocycles. The van der Waals surface area contributed by atoms with E-state index in [0.717, 1.165) is 4.47 Å². The number of hydrogen-bond donors (Lipinski definition) is 1. The van der Waals surface area contributed by atoms with Crippen LogP contribution in [0.4, 0.5) is 10.1 Å². The van der Waals surface area contributed by atoms with Crippen LogP contribution in [-0.2, 0) is 11.3 Å². The molecule has 1 heterocycles. The predicted octanol–water partition coefficient (Wildman–Crippen LogP) is 3.09. The molecule has 21 heavy (non-hydrogen) atoms. The van der Waals surface area contributed by atoms with Gasteiger partial charge in [0, 0.05) is 35.4 Å². The van der Waals surface area contributed by atoms with Crippen LogP contribution in [0.1, 0.15) is 12.0 Å². The van der Waals surface area contributed by atoms with Gasteiger partial charge in [-0.3, -0.25) is 9.59 Å². The Balaban J connectivity index is 1.99. The second-order valence-corrected chi connectivity index (χ2v) is 5.55. The minimum absolute atomic E-state index is 0.160. The molecule has 6 heteroatoms. The molecule has 2 aromatic rings. The predicted molar refractivity (Wildman–Crippen MR) is 82.8 cm³/mol. The minimum atomic E-state index is -0.341. The van der Waals surface area contributed by atoms with Crippen LogP contribution in [0.3, 0.4) is 0 Å². The van der Waals surface area contributed by atoms with Gasteiger partial charge >= 0.3 is 0 Å². The van der Waals surface area contributed by atoms with E-state index >= 15 is 0 Å². The van der Waals surface area contributed by atoms with Crippen molar-refractivity contribution < 1.29 is 9.18 Å². The summed E-state index contributed by atoms with van der Waals surface area (Å²) < 4.78 is 15.2. The Kier molecular flexibility index (Phi) is 4.90. The molecule has 0 radical (unpaired) electrons. The van der Waals surface area contributed by atoms with Crippen molar-refractivity contribution in [3.8, 4) is 0 Å². The van der Waals surface area contributed by atoms with Crippen molar-refractivity contribution in [1.29, 1.82) is 0 Å². The fourth-order valence-corrected chi connectivity index (χ4v) is 2.26. The van der Waals surface area contributed by atoms with Crippen LogP contribution in [0, 0.1) is 12.7 Å². The first-order valence-electron chi connectivity index (χ1n) is 6.38. The van der Waals surface area contributed by atoms with E-state index < -0.39 is 0 Å². The monoisotopic (exact) mass is 352 g/mol. The van der Waals surface area contributed by atoms with Crippen molar-refractivity contribution in [2.75, 3.05) is 5.32 Å². The summed E-state index contributed by atoms with van der Waals surface area (Å²) in [5.74, 6) is -0.567. The van der Waals surface area contributed by atoms with Crippen molar-refractivity contribution in [3.63, 3.8) is 0 Å². The average molecular weight is 353 g/mol. The third kappa shape index (κ3) is 4.26. The number of aromatic nitrogens is 1. The Bertz CT molecular complexity index is 728. The van der Waals surface area contributed by atoms with Crippen molar-refractivity contribution in [3.05, 3.63) is 62.7 Å². The fourth-order valence-electron chi connectivity index (χ4n) is 1.88. The highest BCUT2D eigenvalue weighted by Gasteiger charge is 2.06. The van der Waals surface area contributed by atoms with Crippen molar-refractivity contribution >= 4 is 27.5 Å². The second kappa shape index (κ2) is 6.67. The molecule has 0 aliphatic rings. The quantitative estimate of drug-likeness (QED) is 0.919. The lowest BCUT2D eigenvalue weighted by atomic mass is 10.2.